The van der Waals surface area contributed by atoms with E-state index in [1.54, 1.807) is 48.5 Å². The summed E-state index contributed by atoms with van der Waals surface area (Å²) in [5.41, 5.74) is 0.686. The molecule has 0 amide bonds. The summed E-state index contributed by atoms with van der Waals surface area (Å²) in [7, 11) is -3.35. The number of carbonyl (C=O) groups is 1. The molecule has 24 heavy (non-hydrogen) atoms. The highest BCUT2D eigenvalue weighted by Gasteiger charge is 2.14. The van der Waals surface area contributed by atoms with E-state index in [-0.39, 0.29) is 30.1 Å². The Balaban J connectivity index is 1.77. The lowest BCUT2D eigenvalue weighted by Crippen LogP contribution is -2.13. The summed E-state index contributed by atoms with van der Waals surface area (Å²) in [5.74, 6) is -0.512. The van der Waals surface area contributed by atoms with Crippen LogP contribution in [-0.2, 0) is 25.8 Å². The number of rotatable bonds is 7. The molecule has 4 nitrogen and oxygen atoms in total. The highest BCUT2D eigenvalue weighted by molar-refractivity contribution is 7.91. The lowest BCUT2D eigenvalue weighted by atomic mass is 10.1. The molecule has 0 radical (unpaired) electrons. The lowest BCUT2D eigenvalue weighted by Gasteiger charge is -2.07. The molecule has 0 aliphatic rings. The molecule has 0 N–H and O–H groups in total. The summed E-state index contributed by atoms with van der Waals surface area (Å²) < 4.78 is 29.2. The van der Waals surface area contributed by atoms with E-state index in [1.165, 1.54) is 0 Å². The van der Waals surface area contributed by atoms with Gasteiger partial charge in [0.2, 0.25) is 0 Å². The number of halogens is 2. The maximum absolute atomic E-state index is 12.1. The summed E-state index contributed by atoms with van der Waals surface area (Å²) in [6, 6.07) is 13.1. The van der Waals surface area contributed by atoms with Crippen molar-refractivity contribution < 1.29 is 17.9 Å². The molecular weight excluding hydrogens is 371 g/mol. The van der Waals surface area contributed by atoms with Gasteiger partial charge in [-0.1, -0.05) is 47.5 Å². The van der Waals surface area contributed by atoms with Crippen LogP contribution in [0.15, 0.2) is 53.4 Å². The molecule has 0 unspecified atom stereocenters. The van der Waals surface area contributed by atoms with Crippen LogP contribution in [-0.4, -0.2) is 26.7 Å². The number of ether oxygens (including phenoxy) is 1. The summed E-state index contributed by atoms with van der Waals surface area (Å²) in [4.78, 5) is 12.0. The third-order valence-corrected chi connectivity index (χ3v) is 5.81. The number of esters is 1. The first kappa shape index (κ1) is 18.8. The Kier molecular flexibility index (Phi) is 6.66. The average molecular weight is 387 g/mol. The second-order valence-electron chi connectivity index (χ2n) is 5.13. The average Bonchev–Trinajstić information content (AvgIpc) is 2.56. The molecule has 0 heterocycles. The van der Waals surface area contributed by atoms with Crippen LogP contribution in [0.5, 0.6) is 0 Å². The molecule has 0 aromatic heterocycles. The van der Waals surface area contributed by atoms with Crippen LogP contribution in [0, 0.1) is 0 Å². The molecular formula is C17H16Cl2O4S. The molecule has 7 heteroatoms. The highest BCUT2D eigenvalue weighted by atomic mass is 35.5. The van der Waals surface area contributed by atoms with Crippen molar-refractivity contribution in [1.29, 1.82) is 0 Å². The summed E-state index contributed by atoms with van der Waals surface area (Å²) in [6.07, 6.45) is 0.298. The van der Waals surface area contributed by atoms with Gasteiger partial charge >= 0.3 is 5.97 Å². The normalized spacial score (nSPS) is 11.2. The van der Waals surface area contributed by atoms with Crippen LogP contribution in [0.3, 0.4) is 0 Å². The van der Waals surface area contributed by atoms with E-state index in [9.17, 15) is 13.2 Å². The topological polar surface area (TPSA) is 60.4 Å². The van der Waals surface area contributed by atoms with Crippen molar-refractivity contribution in [1.82, 2.24) is 0 Å². The van der Waals surface area contributed by atoms with Gasteiger partial charge in [-0.05, 0) is 36.2 Å². The third kappa shape index (κ3) is 5.51. The Hall–Kier alpha value is -1.56. The van der Waals surface area contributed by atoms with Crippen LogP contribution >= 0.6 is 23.2 Å². The smallest absolute Gasteiger partial charge is 0.310 e. The van der Waals surface area contributed by atoms with Gasteiger partial charge in [-0.3, -0.25) is 4.79 Å². The van der Waals surface area contributed by atoms with Crippen molar-refractivity contribution in [2.75, 3.05) is 12.4 Å². The fourth-order valence-corrected chi connectivity index (χ4v) is 3.67. The number of benzene rings is 2. The van der Waals surface area contributed by atoms with E-state index in [0.29, 0.717) is 15.6 Å². The first-order valence-corrected chi connectivity index (χ1v) is 9.67. The number of carbonyl (C=O) groups excluding carboxylic acids is 1. The maximum atomic E-state index is 12.1. The minimum absolute atomic E-state index is 0.0478. The fourth-order valence-electron chi connectivity index (χ4n) is 2.05. The van der Waals surface area contributed by atoms with Crippen molar-refractivity contribution in [2.45, 2.75) is 17.7 Å². The zero-order valence-corrected chi connectivity index (χ0v) is 15.1. The third-order valence-electron chi connectivity index (χ3n) is 3.26. The monoisotopic (exact) mass is 386 g/mol. The van der Waals surface area contributed by atoms with Gasteiger partial charge in [0.25, 0.3) is 0 Å². The van der Waals surface area contributed by atoms with Crippen LogP contribution < -0.4 is 0 Å². The lowest BCUT2D eigenvalue weighted by molar-refractivity contribution is -0.142. The second kappa shape index (κ2) is 8.51. The fraction of sp³-hybridized carbons (Fsp3) is 0.235. The van der Waals surface area contributed by atoms with Gasteiger partial charge in [-0.2, -0.15) is 0 Å². The Morgan fingerprint density at radius 2 is 1.71 bits per heavy atom. The van der Waals surface area contributed by atoms with E-state index in [1.807, 2.05) is 0 Å². The predicted octanol–water partition coefficient (Wildman–Crippen LogP) is 3.94. The molecule has 0 bridgehead atoms. The Labute approximate surface area is 151 Å². The Morgan fingerprint density at radius 3 is 2.38 bits per heavy atom. The quantitative estimate of drug-likeness (QED) is 0.533. The SMILES string of the molecule is O=C(Cc1ccc(Cl)c(Cl)c1)OCCCS(=O)(=O)c1ccccc1. The number of hydrogen-bond donors (Lipinski definition) is 0. The van der Waals surface area contributed by atoms with Gasteiger partial charge in [0.15, 0.2) is 9.84 Å². The Morgan fingerprint density at radius 1 is 1.00 bits per heavy atom. The van der Waals surface area contributed by atoms with E-state index in [2.05, 4.69) is 0 Å². The molecule has 0 saturated heterocycles. The van der Waals surface area contributed by atoms with Crippen molar-refractivity contribution >= 4 is 39.0 Å². The minimum atomic E-state index is -3.35. The van der Waals surface area contributed by atoms with Crippen LogP contribution in [0.4, 0.5) is 0 Å². The second-order valence-corrected chi connectivity index (χ2v) is 8.05. The molecule has 2 rings (SSSR count). The van der Waals surface area contributed by atoms with Crippen LogP contribution in [0.2, 0.25) is 10.0 Å². The molecule has 0 fully saturated rings. The van der Waals surface area contributed by atoms with E-state index in [0.717, 1.165) is 0 Å². The molecule has 128 valence electrons. The first-order valence-electron chi connectivity index (χ1n) is 7.26. The minimum Gasteiger partial charge on any atom is -0.465 e. The van der Waals surface area contributed by atoms with Crippen molar-refractivity contribution in [3.05, 3.63) is 64.1 Å². The molecule has 0 atom stereocenters. The van der Waals surface area contributed by atoms with Gasteiger partial charge < -0.3 is 4.74 Å². The van der Waals surface area contributed by atoms with E-state index < -0.39 is 15.8 Å². The van der Waals surface area contributed by atoms with Gasteiger partial charge in [0, 0.05) is 0 Å². The molecule has 0 spiro atoms. The molecule has 2 aromatic carbocycles. The number of hydrogen-bond acceptors (Lipinski definition) is 4. The van der Waals surface area contributed by atoms with Gasteiger partial charge in [-0.15, -0.1) is 0 Å². The van der Waals surface area contributed by atoms with E-state index in [4.69, 9.17) is 27.9 Å². The molecule has 0 aliphatic carbocycles. The van der Waals surface area contributed by atoms with Gasteiger partial charge in [-0.25, -0.2) is 8.42 Å². The van der Waals surface area contributed by atoms with Crippen LogP contribution in [0.25, 0.3) is 0 Å². The van der Waals surface area contributed by atoms with Crippen molar-refractivity contribution in [3.8, 4) is 0 Å². The standard InChI is InChI=1S/C17H16Cl2O4S/c18-15-8-7-13(11-16(15)19)12-17(20)23-9-4-10-24(21,22)14-5-2-1-3-6-14/h1-3,5-8,11H,4,9-10,12H2. The van der Waals surface area contributed by atoms with Gasteiger partial charge in [0.1, 0.15) is 0 Å². The summed E-state index contributed by atoms with van der Waals surface area (Å²) in [6.45, 7) is 0.0478. The van der Waals surface area contributed by atoms with Crippen molar-refractivity contribution in [3.63, 3.8) is 0 Å². The first-order chi connectivity index (χ1) is 11.4. The Bertz CT molecular complexity index is 805. The zero-order valence-electron chi connectivity index (χ0n) is 12.7. The van der Waals surface area contributed by atoms with E-state index >= 15 is 0 Å². The maximum Gasteiger partial charge on any atom is 0.310 e. The van der Waals surface area contributed by atoms with Crippen LogP contribution in [0.1, 0.15) is 12.0 Å². The zero-order chi connectivity index (χ0) is 17.6. The molecule has 0 saturated carbocycles. The summed E-state index contributed by atoms with van der Waals surface area (Å²) >= 11 is 11.7. The predicted molar refractivity (Wildman–Crippen MR) is 94.2 cm³/mol. The number of sulfone groups is 1. The summed E-state index contributed by atoms with van der Waals surface area (Å²) in [5, 5.41) is 0.788. The van der Waals surface area contributed by atoms with Crippen molar-refractivity contribution in [2.24, 2.45) is 0 Å². The molecule has 2 aromatic rings. The largest absolute Gasteiger partial charge is 0.465 e. The highest BCUT2D eigenvalue weighted by Crippen LogP contribution is 2.22. The molecule has 0 aliphatic heterocycles. The van der Waals surface area contributed by atoms with Gasteiger partial charge in [0.05, 0.1) is 33.7 Å².